The van der Waals surface area contributed by atoms with Gasteiger partial charge in [-0.05, 0) is 70.8 Å². The lowest BCUT2D eigenvalue weighted by atomic mass is 9.92. The average Bonchev–Trinajstić information content (AvgIpc) is 2.91. The Bertz CT molecular complexity index is 1670. The molecule has 36 heavy (non-hydrogen) atoms. The van der Waals surface area contributed by atoms with E-state index in [0.717, 1.165) is 22.3 Å². The maximum atomic E-state index is 13.4. The van der Waals surface area contributed by atoms with Crippen LogP contribution in [-0.4, -0.2) is 33.5 Å². The summed E-state index contributed by atoms with van der Waals surface area (Å²) in [6.45, 7) is 0. The Kier molecular flexibility index (Phi) is 5.90. The Balaban J connectivity index is 1.87. The van der Waals surface area contributed by atoms with E-state index in [1.807, 2.05) is 42.5 Å². The third-order valence-corrected chi connectivity index (χ3v) is 6.20. The summed E-state index contributed by atoms with van der Waals surface area (Å²) in [5.74, 6) is 2.18. The molecule has 0 radical (unpaired) electrons. The highest BCUT2D eigenvalue weighted by molar-refractivity contribution is 5.99. The lowest BCUT2D eigenvalue weighted by Crippen LogP contribution is -2.03. The number of hydrogen-bond donors (Lipinski definition) is 1. The summed E-state index contributed by atoms with van der Waals surface area (Å²) in [4.78, 5) is 13.4. The molecule has 182 valence electrons. The van der Waals surface area contributed by atoms with Crippen molar-refractivity contribution in [2.75, 3.05) is 28.4 Å². The van der Waals surface area contributed by atoms with Crippen molar-refractivity contribution in [2.24, 2.45) is 0 Å². The molecule has 0 aliphatic carbocycles. The third kappa shape index (κ3) is 3.75. The maximum Gasteiger partial charge on any atom is 0.204 e. The first kappa shape index (κ1) is 23.1. The average molecular weight is 485 g/mol. The van der Waals surface area contributed by atoms with Crippen LogP contribution in [0.4, 0.5) is 0 Å². The van der Waals surface area contributed by atoms with E-state index in [-0.39, 0.29) is 16.6 Å². The molecule has 4 aromatic carbocycles. The van der Waals surface area contributed by atoms with Crippen molar-refractivity contribution in [2.45, 2.75) is 0 Å². The van der Waals surface area contributed by atoms with Gasteiger partial charge in [-0.3, -0.25) is 4.79 Å². The normalized spacial score (nSPS) is 11.0. The van der Waals surface area contributed by atoms with Crippen LogP contribution < -0.4 is 24.4 Å². The van der Waals surface area contributed by atoms with E-state index in [1.54, 1.807) is 46.6 Å². The van der Waals surface area contributed by atoms with Crippen LogP contribution in [0.25, 0.3) is 44.2 Å². The second-order valence-corrected chi connectivity index (χ2v) is 8.11. The Morgan fingerprint density at radius 1 is 0.639 bits per heavy atom. The van der Waals surface area contributed by atoms with E-state index in [2.05, 4.69) is 0 Å². The fourth-order valence-corrected chi connectivity index (χ4v) is 4.41. The molecule has 1 aromatic heterocycles. The van der Waals surface area contributed by atoms with Gasteiger partial charge in [0.25, 0.3) is 0 Å². The molecule has 0 unspecified atom stereocenters. The minimum Gasteiger partial charge on any atom is -0.507 e. The molecule has 0 bridgehead atoms. The standard InChI is InChI=1S/C29H24O7/c1-32-22-10-8-16(12-26(22)34-3)18-14-20-25(36-24-7-5-6-21(30)28(24)29(20)31)15-19(18)17-9-11-23(33-2)27(13-17)35-4/h5-15,30H,1-4H3. The molecule has 0 amide bonds. The molecule has 0 spiro atoms. The van der Waals surface area contributed by atoms with Crippen LogP contribution in [0.15, 0.2) is 75.9 Å². The minimum absolute atomic E-state index is 0.125. The highest BCUT2D eigenvalue weighted by atomic mass is 16.5. The predicted octanol–water partition coefficient (Wildman–Crippen LogP) is 6.02. The fraction of sp³-hybridized carbons (Fsp3) is 0.138. The van der Waals surface area contributed by atoms with Gasteiger partial charge in [0.1, 0.15) is 22.3 Å². The van der Waals surface area contributed by atoms with Crippen molar-refractivity contribution in [3.8, 4) is 51.0 Å². The molecule has 0 fully saturated rings. The molecule has 0 aliphatic heterocycles. The number of phenols is 1. The summed E-state index contributed by atoms with van der Waals surface area (Å²) in [7, 11) is 6.30. The van der Waals surface area contributed by atoms with Gasteiger partial charge in [0.05, 0.1) is 33.8 Å². The summed E-state index contributed by atoms with van der Waals surface area (Å²) >= 11 is 0. The largest absolute Gasteiger partial charge is 0.507 e. The van der Waals surface area contributed by atoms with E-state index in [1.165, 1.54) is 6.07 Å². The van der Waals surface area contributed by atoms with Crippen LogP contribution >= 0.6 is 0 Å². The van der Waals surface area contributed by atoms with Gasteiger partial charge in [0, 0.05) is 0 Å². The highest BCUT2D eigenvalue weighted by Gasteiger charge is 2.18. The highest BCUT2D eigenvalue weighted by Crippen LogP contribution is 2.41. The van der Waals surface area contributed by atoms with Gasteiger partial charge >= 0.3 is 0 Å². The first-order chi connectivity index (χ1) is 17.5. The second-order valence-electron chi connectivity index (χ2n) is 8.11. The van der Waals surface area contributed by atoms with Gasteiger partial charge in [-0.1, -0.05) is 18.2 Å². The van der Waals surface area contributed by atoms with Crippen LogP contribution in [0.5, 0.6) is 28.7 Å². The van der Waals surface area contributed by atoms with Gasteiger partial charge in [0.15, 0.2) is 23.0 Å². The number of methoxy groups -OCH3 is 4. The Morgan fingerprint density at radius 2 is 1.19 bits per heavy atom. The molecule has 0 saturated carbocycles. The minimum atomic E-state index is -0.315. The number of fused-ring (bicyclic) bond motifs is 2. The quantitative estimate of drug-likeness (QED) is 0.295. The number of phenolic OH excluding ortho intramolecular Hbond substituents is 1. The fourth-order valence-electron chi connectivity index (χ4n) is 4.41. The van der Waals surface area contributed by atoms with Crippen molar-refractivity contribution in [1.82, 2.24) is 0 Å². The molecule has 0 atom stereocenters. The number of ether oxygens (including phenoxy) is 4. The summed E-state index contributed by atoms with van der Waals surface area (Å²) in [5, 5.41) is 10.8. The lowest BCUT2D eigenvalue weighted by molar-refractivity contribution is 0.355. The number of aromatic hydroxyl groups is 1. The van der Waals surface area contributed by atoms with Gasteiger partial charge in [0.2, 0.25) is 5.43 Å². The zero-order valence-electron chi connectivity index (χ0n) is 20.2. The van der Waals surface area contributed by atoms with Crippen LogP contribution in [0.2, 0.25) is 0 Å². The van der Waals surface area contributed by atoms with E-state index >= 15 is 0 Å². The van der Waals surface area contributed by atoms with E-state index in [4.69, 9.17) is 23.4 Å². The third-order valence-electron chi connectivity index (χ3n) is 6.20. The molecule has 5 rings (SSSR count). The van der Waals surface area contributed by atoms with Crippen LogP contribution in [0, 0.1) is 0 Å². The summed E-state index contributed by atoms with van der Waals surface area (Å²) in [5.41, 5.74) is 3.59. The van der Waals surface area contributed by atoms with Crippen molar-refractivity contribution in [3.05, 3.63) is 77.0 Å². The summed E-state index contributed by atoms with van der Waals surface area (Å²) in [6, 6.07) is 19.5. The molecule has 5 aromatic rings. The number of rotatable bonds is 6. The Morgan fingerprint density at radius 3 is 1.75 bits per heavy atom. The van der Waals surface area contributed by atoms with Gasteiger partial charge in [-0.25, -0.2) is 0 Å². The zero-order valence-corrected chi connectivity index (χ0v) is 20.2. The Labute approximate surface area is 207 Å². The van der Waals surface area contributed by atoms with Crippen molar-refractivity contribution in [3.63, 3.8) is 0 Å². The van der Waals surface area contributed by atoms with E-state index < -0.39 is 0 Å². The van der Waals surface area contributed by atoms with Gasteiger partial charge in [-0.2, -0.15) is 0 Å². The summed E-state index contributed by atoms with van der Waals surface area (Å²) < 4.78 is 27.9. The first-order valence-corrected chi connectivity index (χ1v) is 11.2. The second kappa shape index (κ2) is 9.19. The van der Waals surface area contributed by atoms with Crippen molar-refractivity contribution in [1.29, 1.82) is 0 Å². The molecular weight excluding hydrogens is 460 g/mol. The van der Waals surface area contributed by atoms with Crippen molar-refractivity contribution >= 4 is 21.9 Å². The summed E-state index contributed by atoms with van der Waals surface area (Å²) in [6.07, 6.45) is 0. The topological polar surface area (TPSA) is 87.4 Å². The van der Waals surface area contributed by atoms with E-state index in [0.29, 0.717) is 39.6 Å². The molecule has 0 saturated heterocycles. The smallest absolute Gasteiger partial charge is 0.204 e. The zero-order chi connectivity index (χ0) is 25.4. The van der Waals surface area contributed by atoms with Crippen LogP contribution in [-0.2, 0) is 0 Å². The van der Waals surface area contributed by atoms with Gasteiger partial charge < -0.3 is 28.5 Å². The molecule has 0 aliphatic rings. The van der Waals surface area contributed by atoms with Crippen LogP contribution in [0.1, 0.15) is 0 Å². The maximum absolute atomic E-state index is 13.4. The number of benzene rings is 4. The predicted molar refractivity (Wildman–Crippen MR) is 139 cm³/mol. The first-order valence-electron chi connectivity index (χ1n) is 11.2. The van der Waals surface area contributed by atoms with E-state index in [9.17, 15) is 9.90 Å². The molecule has 1 N–H and O–H groups in total. The van der Waals surface area contributed by atoms with Gasteiger partial charge in [-0.15, -0.1) is 0 Å². The molecule has 7 nitrogen and oxygen atoms in total. The molecular formula is C29H24O7. The molecule has 1 heterocycles. The van der Waals surface area contributed by atoms with Crippen LogP contribution in [0.3, 0.4) is 0 Å². The monoisotopic (exact) mass is 484 g/mol. The van der Waals surface area contributed by atoms with Crippen molar-refractivity contribution < 1.29 is 28.5 Å². The number of hydrogen-bond acceptors (Lipinski definition) is 7. The molecule has 7 heteroatoms. The Hall–Kier alpha value is -4.65. The SMILES string of the molecule is COc1ccc(-c2cc3oc4cccc(O)c4c(=O)c3cc2-c2ccc(OC)c(OC)c2)cc1OC. The lowest BCUT2D eigenvalue weighted by Gasteiger charge is -2.16.